The molecule has 3 heterocycles. The Morgan fingerprint density at radius 3 is 1.27 bits per heavy atom. The summed E-state index contributed by atoms with van der Waals surface area (Å²) in [5.41, 5.74) is 0. The highest BCUT2D eigenvalue weighted by Gasteiger charge is 2.61. The molecule has 0 aromatic carbocycles. The number of nitrogens with zero attached hydrogens (tertiary/aromatic N) is 3. The monoisotopic (exact) mass is 401 g/mol. The molecule has 2 aliphatic heterocycles. The van der Waals surface area contributed by atoms with E-state index < -0.39 is 0 Å². The number of fused-ring (bicyclic) bond motifs is 10. The molecule has 150 valence electrons. The van der Waals surface area contributed by atoms with Crippen LogP contribution in [0.2, 0.25) is 0 Å². The van der Waals surface area contributed by atoms with Gasteiger partial charge in [-0.3, -0.25) is 19.2 Å². The third-order valence-corrected chi connectivity index (χ3v) is 8.12. The average molecular weight is 401 g/mol. The van der Waals surface area contributed by atoms with Crippen molar-refractivity contribution in [3.05, 3.63) is 42.5 Å². The average Bonchev–Trinajstić information content (AvgIpc) is 3.55. The smallest absolute Gasteiger partial charge is 0.239 e. The molecule has 0 unspecified atom stereocenters. The van der Waals surface area contributed by atoms with Crippen LogP contribution in [0.4, 0.5) is 11.6 Å². The molecule has 8 atom stereocenters. The highest BCUT2D eigenvalue weighted by Crippen LogP contribution is 2.54. The Kier molecular flexibility index (Phi) is 2.96. The summed E-state index contributed by atoms with van der Waals surface area (Å²) in [6.07, 6.45) is 9.92. The first-order valence-corrected chi connectivity index (χ1v) is 10.6. The maximum atomic E-state index is 13.1. The lowest BCUT2D eigenvalue weighted by Crippen LogP contribution is -2.36. The van der Waals surface area contributed by atoms with Crippen molar-refractivity contribution in [2.45, 2.75) is 12.8 Å². The summed E-state index contributed by atoms with van der Waals surface area (Å²) < 4.78 is 0. The zero-order valence-electron chi connectivity index (χ0n) is 16.0. The number of anilines is 2. The van der Waals surface area contributed by atoms with E-state index in [9.17, 15) is 19.2 Å². The normalized spacial score (nSPS) is 42.3. The summed E-state index contributed by atoms with van der Waals surface area (Å²) in [5, 5.41) is 0. The van der Waals surface area contributed by atoms with Crippen molar-refractivity contribution in [3.8, 4) is 0 Å². The molecule has 7 rings (SSSR count). The second-order valence-electron chi connectivity index (χ2n) is 9.38. The van der Waals surface area contributed by atoms with Crippen LogP contribution in [0.1, 0.15) is 12.8 Å². The lowest BCUT2D eigenvalue weighted by molar-refractivity contribution is -0.124. The van der Waals surface area contributed by atoms with E-state index in [1.165, 1.54) is 9.80 Å². The first-order chi connectivity index (χ1) is 14.5. The fourth-order valence-corrected chi connectivity index (χ4v) is 6.92. The number of hydrogen-bond acceptors (Lipinski definition) is 5. The molecule has 1 aromatic rings. The van der Waals surface area contributed by atoms with Gasteiger partial charge < -0.3 is 0 Å². The zero-order valence-corrected chi connectivity index (χ0v) is 16.0. The fourth-order valence-electron chi connectivity index (χ4n) is 6.92. The summed E-state index contributed by atoms with van der Waals surface area (Å²) in [6.45, 7) is 0. The van der Waals surface area contributed by atoms with Gasteiger partial charge in [-0.15, -0.1) is 0 Å². The topological polar surface area (TPSA) is 87.7 Å². The molecule has 6 aliphatic rings. The molecule has 4 fully saturated rings. The number of pyridine rings is 1. The molecule has 2 saturated carbocycles. The predicted octanol–water partition coefficient (Wildman–Crippen LogP) is 1.70. The van der Waals surface area contributed by atoms with Crippen molar-refractivity contribution in [3.63, 3.8) is 0 Å². The van der Waals surface area contributed by atoms with E-state index in [-0.39, 0.29) is 82.6 Å². The van der Waals surface area contributed by atoms with E-state index in [0.717, 1.165) is 12.8 Å². The van der Waals surface area contributed by atoms with Crippen LogP contribution in [0, 0.1) is 47.3 Å². The summed E-state index contributed by atoms with van der Waals surface area (Å²) in [5.74, 6) is -1.23. The molecule has 4 aliphatic carbocycles. The third-order valence-electron chi connectivity index (χ3n) is 8.12. The molecule has 7 nitrogen and oxygen atoms in total. The highest BCUT2D eigenvalue weighted by molar-refractivity contribution is 6.24. The first kappa shape index (κ1) is 16.7. The van der Waals surface area contributed by atoms with Gasteiger partial charge in [0.2, 0.25) is 23.6 Å². The van der Waals surface area contributed by atoms with Crippen LogP contribution in [0.15, 0.2) is 42.5 Å². The quantitative estimate of drug-likeness (QED) is 0.556. The molecular weight excluding hydrogens is 382 g/mol. The predicted molar refractivity (Wildman–Crippen MR) is 105 cm³/mol. The van der Waals surface area contributed by atoms with E-state index in [2.05, 4.69) is 4.98 Å². The number of rotatable bonds is 2. The molecule has 30 heavy (non-hydrogen) atoms. The zero-order chi connectivity index (χ0) is 20.3. The minimum absolute atomic E-state index is 0.119. The minimum atomic E-state index is -0.311. The van der Waals surface area contributed by atoms with E-state index >= 15 is 0 Å². The summed E-state index contributed by atoms with van der Waals surface area (Å²) in [4.78, 5) is 59.1. The van der Waals surface area contributed by atoms with Gasteiger partial charge in [-0.05, 0) is 48.6 Å². The van der Waals surface area contributed by atoms with Gasteiger partial charge >= 0.3 is 0 Å². The molecule has 0 spiro atoms. The summed E-state index contributed by atoms with van der Waals surface area (Å²) in [6, 6.07) is 4.86. The molecule has 4 bridgehead atoms. The number of allylic oxidation sites excluding steroid dienone is 4. The largest absolute Gasteiger partial charge is 0.274 e. The van der Waals surface area contributed by atoms with Crippen molar-refractivity contribution < 1.29 is 19.2 Å². The number of imide groups is 2. The second-order valence-corrected chi connectivity index (χ2v) is 9.38. The molecule has 0 N–H and O–H groups in total. The van der Waals surface area contributed by atoms with Crippen LogP contribution in [-0.4, -0.2) is 28.6 Å². The van der Waals surface area contributed by atoms with Crippen LogP contribution in [-0.2, 0) is 19.2 Å². The number of amides is 4. The Balaban J connectivity index is 1.24. The maximum Gasteiger partial charge on any atom is 0.239 e. The Morgan fingerprint density at radius 2 is 0.933 bits per heavy atom. The van der Waals surface area contributed by atoms with Crippen LogP contribution >= 0.6 is 0 Å². The van der Waals surface area contributed by atoms with E-state index in [1.807, 2.05) is 24.3 Å². The van der Waals surface area contributed by atoms with Gasteiger partial charge in [-0.2, -0.15) is 0 Å². The molecule has 1 aromatic heterocycles. The van der Waals surface area contributed by atoms with Crippen molar-refractivity contribution in [1.82, 2.24) is 4.98 Å². The van der Waals surface area contributed by atoms with E-state index in [0.29, 0.717) is 0 Å². The van der Waals surface area contributed by atoms with Gasteiger partial charge in [0.25, 0.3) is 0 Å². The number of hydrogen-bond donors (Lipinski definition) is 0. The van der Waals surface area contributed by atoms with Gasteiger partial charge in [0.1, 0.15) is 11.6 Å². The van der Waals surface area contributed by atoms with E-state index in [4.69, 9.17) is 0 Å². The fraction of sp³-hybridized carbons (Fsp3) is 0.435. The van der Waals surface area contributed by atoms with Crippen molar-refractivity contribution in [2.24, 2.45) is 47.3 Å². The maximum absolute atomic E-state index is 13.1. The van der Waals surface area contributed by atoms with Gasteiger partial charge in [-0.25, -0.2) is 14.8 Å². The Bertz CT molecular complexity index is 980. The number of carbonyl (C=O) groups is 4. The Hall–Kier alpha value is -3.09. The molecular formula is C23H19N3O4. The lowest BCUT2D eigenvalue weighted by atomic mass is 9.85. The van der Waals surface area contributed by atoms with Crippen molar-refractivity contribution >= 4 is 35.3 Å². The summed E-state index contributed by atoms with van der Waals surface area (Å²) >= 11 is 0. The highest BCUT2D eigenvalue weighted by atomic mass is 16.2. The van der Waals surface area contributed by atoms with Gasteiger partial charge in [0.05, 0.1) is 23.7 Å². The second kappa shape index (κ2) is 5.33. The van der Waals surface area contributed by atoms with Gasteiger partial charge in [0.15, 0.2) is 0 Å². The van der Waals surface area contributed by atoms with Crippen LogP contribution < -0.4 is 9.80 Å². The number of carbonyl (C=O) groups excluding carboxylic acids is 4. The Morgan fingerprint density at radius 1 is 0.600 bits per heavy atom. The number of aromatic nitrogens is 1. The van der Waals surface area contributed by atoms with Gasteiger partial charge in [0, 0.05) is 0 Å². The lowest BCUT2D eigenvalue weighted by Gasteiger charge is -2.20. The standard InChI is InChI=1S/C23H19N3O4/c27-20-16-10-4-5-11(8-10)17(16)21(28)25(20)14-2-1-3-15(24-14)26-22(29)18-12-6-7-13(9-12)19(18)23(26)30/h1-7,10-13,16-19H,8-9H2/t10-,11-,12-,13-,16-,17-,18-,19+/m0/s1. The third kappa shape index (κ3) is 1.80. The van der Waals surface area contributed by atoms with Crippen LogP contribution in [0.3, 0.4) is 0 Å². The van der Waals surface area contributed by atoms with Crippen LogP contribution in [0.25, 0.3) is 0 Å². The van der Waals surface area contributed by atoms with E-state index in [1.54, 1.807) is 18.2 Å². The van der Waals surface area contributed by atoms with Crippen LogP contribution in [0.5, 0.6) is 0 Å². The van der Waals surface area contributed by atoms with Crippen molar-refractivity contribution in [2.75, 3.05) is 9.80 Å². The molecule has 0 radical (unpaired) electrons. The summed E-state index contributed by atoms with van der Waals surface area (Å²) in [7, 11) is 0. The van der Waals surface area contributed by atoms with Gasteiger partial charge in [-0.1, -0.05) is 30.4 Å². The molecule has 7 heteroatoms. The molecule has 4 amide bonds. The minimum Gasteiger partial charge on any atom is -0.274 e. The van der Waals surface area contributed by atoms with Crippen molar-refractivity contribution in [1.29, 1.82) is 0 Å². The Labute approximate surface area is 172 Å². The SMILES string of the molecule is O=C1[C@@H]2[C@@H](C(=O)N1c1cccc(N3C(=O)[C@@H]4[C@H](C3=O)[C@H]3C=C[C@H]4C3)n1)[C@H]1C=C[C@H]2C1. The molecule has 2 saturated heterocycles. The first-order valence-electron chi connectivity index (χ1n) is 10.6.